The molecule has 1 aliphatic rings. The molecule has 110 valence electrons. The number of benzene rings is 1. The molecule has 1 amide bonds. The zero-order valence-corrected chi connectivity index (χ0v) is 11.8. The van der Waals surface area contributed by atoms with Crippen LogP contribution in [0.4, 0.5) is 8.78 Å². The molecule has 1 N–H and O–H groups in total. The van der Waals surface area contributed by atoms with Crippen molar-refractivity contribution >= 4 is 5.91 Å². The third-order valence-corrected chi connectivity index (χ3v) is 3.70. The zero-order chi connectivity index (χ0) is 14.8. The second kappa shape index (κ2) is 5.87. The Morgan fingerprint density at radius 2 is 2.10 bits per heavy atom. The summed E-state index contributed by atoms with van der Waals surface area (Å²) in [5.74, 6) is -2.86. The predicted octanol–water partition coefficient (Wildman–Crippen LogP) is 2.25. The van der Waals surface area contributed by atoms with E-state index in [1.54, 1.807) is 7.05 Å². The number of hydrogen-bond acceptors (Lipinski definition) is 2. The average Bonchev–Trinajstić information content (AvgIpc) is 2.79. The molecule has 1 aliphatic heterocycles. The van der Waals surface area contributed by atoms with Crippen molar-refractivity contribution in [3.8, 4) is 0 Å². The van der Waals surface area contributed by atoms with E-state index in [-0.39, 0.29) is 11.8 Å². The average molecular weight is 282 g/mol. The Labute approximate surface area is 118 Å². The highest BCUT2D eigenvalue weighted by molar-refractivity contribution is 5.82. The Hall–Kier alpha value is -1.49. The second-order valence-corrected chi connectivity index (χ2v) is 5.52. The van der Waals surface area contributed by atoms with Crippen molar-refractivity contribution in [2.24, 2.45) is 0 Å². The summed E-state index contributed by atoms with van der Waals surface area (Å²) in [6.45, 7) is 2.13. The van der Waals surface area contributed by atoms with Gasteiger partial charge in [-0.1, -0.05) is 37.3 Å². The molecule has 1 saturated heterocycles. The summed E-state index contributed by atoms with van der Waals surface area (Å²) in [6, 6.07) is 9.09. The van der Waals surface area contributed by atoms with Crippen LogP contribution in [0.5, 0.6) is 0 Å². The van der Waals surface area contributed by atoms with Crippen molar-refractivity contribution in [2.45, 2.75) is 31.2 Å². The van der Waals surface area contributed by atoms with Gasteiger partial charge in [-0.25, -0.2) is 8.78 Å². The highest BCUT2D eigenvalue weighted by Crippen LogP contribution is 2.26. The van der Waals surface area contributed by atoms with Gasteiger partial charge in [0, 0.05) is 20.0 Å². The third kappa shape index (κ3) is 3.54. The van der Waals surface area contributed by atoms with E-state index >= 15 is 0 Å². The van der Waals surface area contributed by atoms with Crippen molar-refractivity contribution in [2.75, 3.05) is 20.1 Å². The Morgan fingerprint density at radius 3 is 2.65 bits per heavy atom. The van der Waals surface area contributed by atoms with Gasteiger partial charge in [0.25, 0.3) is 5.92 Å². The topological polar surface area (TPSA) is 32.3 Å². The first-order valence-electron chi connectivity index (χ1n) is 6.80. The normalized spacial score (nSPS) is 22.5. The fourth-order valence-corrected chi connectivity index (χ4v) is 2.54. The van der Waals surface area contributed by atoms with Gasteiger partial charge in [0.05, 0.1) is 12.6 Å². The largest absolute Gasteiger partial charge is 0.344 e. The minimum Gasteiger partial charge on any atom is -0.344 e. The predicted molar refractivity (Wildman–Crippen MR) is 73.8 cm³/mol. The molecular weight excluding hydrogens is 262 g/mol. The van der Waals surface area contributed by atoms with Crippen molar-refractivity contribution < 1.29 is 13.6 Å². The number of likely N-dealkylation sites (N-methyl/N-ethyl adjacent to an activating group) is 1. The summed E-state index contributed by atoms with van der Waals surface area (Å²) >= 11 is 0. The number of amides is 1. The van der Waals surface area contributed by atoms with E-state index in [2.05, 4.69) is 5.32 Å². The van der Waals surface area contributed by atoms with E-state index < -0.39 is 24.9 Å². The van der Waals surface area contributed by atoms with Gasteiger partial charge in [-0.15, -0.1) is 0 Å². The lowest BCUT2D eigenvalue weighted by Crippen LogP contribution is -2.42. The van der Waals surface area contributed by atoms with Crippen molar-refractivity contribution in [3.63, 3.8) is 0 Å². The highest BCUT2D eigenvalue weighted by Gasteiger charge is 2.43. The third-order valence-electron chi connectivity index (χ3n) is 3.70. The summed E-state index contributed by atoms with van der Waals surface area (Å²) in [5.41, 5.74) is 1.14. The van der Waals surface area contributed by atoms with Crippen LogP contribution in [0, 0.1) is 0 Å². The lowest BCUT2D eigenvalue weighted by Gasteiger charge is -2.24. The Balaban J connectivity index is 1.92. The molecule has 5 heteroatoms. The molecule has 0 spiro atoms. The molecule has 1 aromatic carbocycles. The Kier molecular flexibility index (Phi) is 4.38. The van der Waals surface area contributed by atoms with E-state index in [0.717, 1.165) is 5.56 Å². The number of carbonyl (C=O) groups is 1. The number of alkyl halides is 2. The summed E-state index contributed by atoms with van der Waals surface area (Å²) in [4.78, 5) is 13.7. The number of carbonyl (C=O) groups excluding carboxylic acids is 1. The number of halogens is 2. The lowest BCUT2D eigenvalue weighted by atomic mass is 10.0. The maximum Gasteiger partial charge on any atom is 0.262 e. The molecule has 2 atom stereocenters. The van der Waals surface area contributed by atoms with Crippen LogP contribution in [0.3, 0.4) is 0 Å². The number of nitrogens with zero attached hydrogens (tertiary/aromatic N) is 1. The van der Waals surface area contributed by atoms with E-state index in [0.29, 0.717) is 6.54 Å². The molecule has 0 bridgehead atoms. The molecule has 2 rings (SSSR count). The van der Waals surface area contributed by atoms with Gasteiger partial charge in [0.15, 0.2) is 0 Å². The monoisotopic (exact) mass is 282 g/mol. The van der Waals surface area contributed by atoms with Gasteiger partial charge in [-0.05, 0) is 11.5 Å². The molecule has 1 aromatic rings. The fraction of sp³-hybridized carbons (Fsp3) is 0.533. The standard InChI is InChI=1S/C15H20F2N2O/c1-11(12-6-4-3-5-7-12)9-19(2)14(20)13-8-15(16,17)10-18-13/h3-7,11,13,18H,8-10H2,1-2H3. The maximum absolute atomic E-state index is 13.1. The van der Waals surface area contributed by atoms with Gasteiger partial charge < -0.3 is 4.90 Å². The smallest absolute Gasteiger partial charge is 0.262 e. The maximum atomic E-state index is 13.1. The van der Waals surface area contributed by atoms with Crippen LogP contribution in [0.2, 0.25) is 0 Å². The van der Waals surface area contributed by atoms with Crippen molar-refractivity contribution in [1.29, 1.82) is 0 Å². The van der Waals surface area contributed by atoms with Crippen LogP contribution in [-0.4, -0.2) is 42.9 Å². The van der Waals surface area contributed by atoms with Gasteiger partial charge in [0.2, 0.25) is 5.91 Å². The SMILES string of the molecule is CC(CN(C)C(=O)C1CC(F)(F)CN1)c1ccccc1. The quantitative estimate of drug-likeness (QED) is 0.918. The lowest BCUT2D eigenvalue weighted by molar-refractivity contribution is -0.132. The molecule has 2 unspecified atom stereocenters. The zero-order valence-electron chi connectivity index (χ0n) is 11.8. The van der Waals surface area contributed by atoms with Crippen molar-refractivity contribution in [3.05, 3.63) is 35.9 Å². The molecular formula is C15H20F2N2O. The van der Waals surface area contributed by atoms with Gasteiger partial charge in [0.1, 0.15) is 0 Å². The van der Waals surface area contributed by atoms with Crippen molar-refractivity contribution in [1.82, 2.24) is 10.2 Å². The van der Waals surface area contributed by atoms with Crippen LogP contribution in [0.15, 0.2) is 30.3 Å². The van der Waals surface area contributed by atoms with Crippen LogP contribution in [0.25, 0.3) is 0 Å². The van der Waals surface area contributed by atoms with Gasteiger partial charge in [-0.2, -0.15) is 0 Å². The molecule has 0 radical (unpaired) electrons. The number of nitrogens with one attached hydrogen (secondary N) is 1. The molecule has 0 aliphatic carbocycles. The van der Waals surface area contributed by atoms with Crippen LogP contribution in [-0.2, 0) is 4.79 Å². The van der Waals surface area contributed by atoms with Gasteiger partial charge in [-0.3, -0.25) is 10.1 Å². The highest BCUT2D eigenvalue weighted by atomic mass is 19.3. The first kappa shape index (κ1) is 14.9. The fourth-order valence-electron chi connectivity index (χ4n) is 2.54. The Morgan fingerprint density at radius 1 is 1.45 bits per heavy atom. The molecule has 1 heterocycles. The van der Waals surface area contributed by atoms with Crippen LogP contribution < -0.4 is 5.32 Å². The van der Waals surface area contributed by atoms with Crippen LogP contribution in [0.1, 0.15) is 24.8 Å². The summed E-state index contributed by atoms with van der Waals surface area (Å²) in [6.07, 6.45) is -0.407. The summed E-state index contributed by atoms with van der Waals surface area (Å²) in [5, 5.41) is 2.60. The first-order valence-corrected chi connectivity index (χ1v) is 6.80. The second-order valence-electron chi connectivity index (χ2n) is 5.52. The minimum atomic E-state index is -2.77. The number of rotatable bonds is 4. The number of hydrogen-bond donors (Lipinski definition) is 1. The molecule has 20 heavy (non-hydrogen) atoms. The summed E-state index contributed by atoms with van der Waals surface area (Å²) in [7, 11) is 1.67. The Bertz CT molecular complexity index is 464. The molecule has 3 nitrogen and oxygen atoms in total. The van der Waals surface area contributed by atoms with E-state index in [4.69, 9.17) is 0 Å². The van der Waals surface area contributed by atoms with Crippen LogP contribution >= 0.6 is 0 Å². The van der Waals surface area contributed by atoms with E-state index in [1.807, 2.05) is 37.3 Å². The van der Waals surface area contributed by atoms with E-state index in [1.165, 1.54) is 4.90 Å². The first-order chi connectivity index (χ1) is 9.39. The summed E-state index contributed by atoms with van der Waals surface area (Å²) < 4.78 is 26.2. The van der Waals surface area contributed by atoms with E-state index in [9.17, 15) is 13.6 Å². The molecule has 0 saturated carbocycles. The minimum absolute atomic E-state index is 0.173. The molecule has 1 fully saturated rings. The van der Waals surface area contributed by atoms with Gasteiger partial charge >= 0.3 is 0 Å². The molecule has 0 aromatic heterocycles.